The van der Waals surface area contributed by atoms with Gasteiger partial charge in [-0.25, -0.2) is 0 Å². The summed E-state index contributed by atoms with van der Waals surface area (Å²) in [5.74, 6) is 0.401. The molecule has 21 heavy (non-hydrogen) atoms. The fourth-order valence-corrected chi connectivity index (χ4v) is 3.63. The Hall–Kier alpha value is -0.530. The van der Waals surface area contributed by atoms with Crippen LogP contribution in [0.3, 0.4) is 0 Å². The predicted molar refractivity (Wildman–Crippen MR) is 91.5 cm³/mol. The van der Waals surface area contributed by atoms with Crippen LogP contribution in [0.15, 0.2) is 0 Å². The molecule has 0 bridgehead atoms. The van der Waals surface area contributed by atoms with Crippen molar-refractivity contribution in [1.29, 1.82) is 0 Å². The average molecular weight is 296 g/mol. The van der Waals surface area contributed by atoms with E-state index in [1.807, 2.05) is 0 Å². The second-order valence-corrected chi connectivity index (χ2v) is 7.01. The molecule has 1 aliphatic rings. The zero-order valence-electron chi connectivity index (χ0n) is 14.7. The van der Waals surface area contributed by atoms with Crippen LogP contribution in [0.25, 0.3) is 0 Å². The number of rotatable bonds is 10. The number of carbonyl (C=O) groups excluding carboxylic acids is 1. The van der Waals surface area contributed by atoms with E-state index in [-0.39, 0.29) is 0 Å². The third-order valence-corrected chi connectivity index (χ3v) is 4.98. The summed E-state index contributed by atoms with van der Waals surface area (Å²) in [6.07, 6.45) is 16.3. The van der Waals surface area contributed by atoms with Crippen molar-refractivity contribution in [1.82, 2.24) is 4.90 Å². The molecule has 1 rings (SSSR count). The fourth-order valence-electron chi connectivity index (χ4n) is 3.63. The molecular weight excluding hydrogens is 258 g/mol. The minimum Gasteiger partial charge on any atom is -0.337 e. The molecule has 1 heterocycles. The van der Waals surface area contributed by atoms with Crippen molar-refractivity contribution in [2.75, 3.05) is 0 Å². The van der Waals surface area contributed by atoms with Gasteiger partial charge in [-0.2, -0.15) is 0 Å². The molecule has 0 aromatic heterocycles. The lowest BCUT2D eigenvalue weighted by Crippen LogP contribution is -2.47. The molecular formula is C19H37NO. The molecule has 0 aromatic rings. The second kappa shape index (κ2) is 11.1. The molecule has 1 aliphatic heterocycles. The van der Waals surface area contributed by atoms with Gasteiger partial charge in [-0.05, 0) is 39.5 Å². The zero-order valence-corrected chi connectivity index (χ0v) is 14.7. The summed E-state index contributed by atoms with van der Waals surface area (Å²) < 4.78 is 0. The van der Waals surface area contributed by atoms with Gasteiger partial charge >= 0.3 is 0 Å². The summed E-state index contributed by atoms with van der Waals surface area (Å²) in [4.78, 5) is 14.5. The first-order valence-electron chi connectivity index (χ1n) is 9.48. The molecule has 1 fully saturated rings. The highest BCUT2D eigenvalue weighted by atomic mass is 16.2. The molecule has 2 heteroatoms. The van der Waals surface area contributed by atoms with Gasteiger partial charge in [0, 0.05) is 18.5 Å². The van der Waals surface area contributed by atoms with E-state index in [4.69, 9.17) is 0 Å². The van der Waals surface area contributed by atoms with Crippen molar-refractivity contribution in [3.8, 4) is 0 Å². The first kappa shape index (κ1) is 18.5. The van der Waals surface area contributed by atoms with Gasteiger partial charge in [0.25, 0.3) is 0 Å². The highest BCUT2D eigenvalue weighted by molar-refractivity contribution is 5.76. The van der Waals surface area contributed by atoms with Crippen LogP contribution in [0.5, 0.6) is 0 Å². The number of hydrogen-bond donors (Lipinski definition) is 0. The molecule has 2 nitrogen and oxygen atoms in total. The summed E-state index contributed by atoms with van der Waals surface area (Å²) in [6.45, 7) is 6.69. The minimum absolute atomic E-state index is 0.401. The third kappa shape index (κ3) is 7.33. The number of piperidine rings is 1. The Labute approximate surface area is 132 Å². The quantitative estimate of drug-likeness (QED) is 0.474. The van der Waals surface area contributed by atoms with E-state index in [1.54, 1.807) is 0 Å². The van der Waals surface area contributed by atoms with Crippen molar-refractivity contribution < 1.29 is 4.79 Å². The lowest BCUT2D eigenvalue weighted by Gasteiger charge is -2.39. The maximum Gasteiger partial charge on any atom is 0.223 e. The van der Waals surface area contributed by atoms with Crippen molar-refractivity contribution in [2.45, 2.75) is 116 Å². The Morgan fingerprint density at radius 1 is 0.857 bits per heavy atom. The molecule has 0 aromatic carbocycles. The van der Waals surface area contributed by atoms with E-state index >= 15 is 0 Å². The van der Waals surface area contributed by atoms with Gasteiger partial charge < -0.3 is 4.90 Å². The first-order chi connectivity index (χ1) is 10.2. The Morgan fingerprint density at radius 3 is 1.86 bits per heavy atom. The molecule has 0 radical (unpaired) electrons. The van der Waals surface area contributed by atoms with Gasteiger partial charge in [0.2, 0.25) is 5.91 Å². The van der Waals surface area contributed by atoms with Crippen LogP contribution in [-0.2, 0) is 4.79 Å². The Bertz CT molecular complexity index is 267. The number of amides is 1. The lowest BCUT2D eigenvalue weighted by atomic mass is 9.96. The number of likely N-dealkylation sites (tertiary alicyclic amines) is 1. The topological polar surface area (TPSA) is 20.3 Å². The number of carbonyl (C=O) groups is 1. The number of unbranched alkanes of at least 4 members (excludes halogenated alkanes) is 8. The Balaban J connectivity index is 2.03. The SMILES string of the molecule is CCCCCCCCCCCC(=O)N1C(C)CCCC1C. The molecule has 0 N–H and O–H groups in total. The van der Waals surface area contributed by atoms with Crippen molar-refractivity contribution >= 4 is 5.91 Å². The Morgan fingerprint density at radius 2 is 1.33 bits per heavy atom. The van der Waals surface area contributed by atoms with Gasteiger partial charge in [-0.3, -0.25) is 4.79 Å². The molecule has 0 spiro atoms. The van der Waals surface area contributed by atoms with Crippen molar-refractivity contribution in [2.24, 2.45) is 0 Å². The second-order valence-electron chi connectivity index (χ2n) is 7.01. The van der Waals surface area contributed by atoms with E-state index in [0.29, 0.717) is 18.0 Å². The van der Waals surface area contributed by atoms with Crippen LogP contribution in [0.4, 0.5) is 0 Å². The number of nitrogens with zero attached hydrogens (tertiary/aromatic N) is 1. The standard InChI is InChI=1S/C19H37NO/c1-4-5-6-7-8-9-10-11-12-16-19(21)20-17(2)14-13-15-18(20)3/h17-18H,4-16H2,1-3H3. The van der Waals surface area contributed by atoms with Crippen LogP contribution < -0.4 is 0 Å². The molecule has 1 amide bonds. The van der Waals surface area contributed by atoms with Gasteiger partial charge in [-0.15, -0.1) is 0 Å². The van der Waals surface area contributed by atoms with E-state index in [9.17, 15) is 4.79 Å². The lowest BCUT2D eigenvalue weighted by molar-refractivity contribution is -0.137. The zero-order chi connectivity index (χ0) is 15.5. The maximum atomic E-state index is 12.4. The largest absolute Gasteiger partial charge is 0.337 e. The monoisotopic (exact) mass is 295 g/mol. The van der Waals surface area contributed by atoms with E-state index in [0.717, 1.165) is 12.8 Å². The summed E-state index contributed by atoms with van der Waals surface area (Å²) in [6, 6.07) is 0.916. The molecule has 1 saturated heterocycles. The van der Waals surface area contributed by atoms with Gasteiger partial charge in [-0.1, -0.05) is 58.3 Å². The van der Waals surface area contributed by atoms with Crippen molar-refractivity contribution in [3.63, 3.8) is 0 Å². The molecule has 0 aliphatic carbocycles. The molecule has 2 atom stereocenters. The van der Waals surface area contributed by atoms with Gasteiger partial charge in [0.15, 0.2) is 0 Å². The van der Waals surface area contributed by atoms with Crippen LogP contribution in [0.2, 0.25) is 0 Å². The fraction of sp³-hybridized carbons (Fsp3) is 0.947. The van der Waals surface area contributed by atoms with Gasteiger partial charge in [0.1, 0.15) is 0 Å². The van der Waals surface area contributed by atoms with Crippen molar-refractivity contribution in [3.05, 3.63) is 0 Å². The molecule has 124 valence electrons. The summed E-state index contributed by atoms with van der Waals surface area (Å²) in [7, 11) is 0. The molecule has 0 saturated carbocycles. The summed E-state index contributed by atoms with van der Waals surface area (Å²) in [5.41, 5.74) is 0. The van der Waals surface area contributed by atoms with Crippen LogP contribution in [0, 0.1) is 0 Å². The molecule has 2 unspecified atom stereocenters. The van der Waals surface area contributed by atoms with E-state index < -0.39 is 0 Å². The maximum absolute atomic E-state index is 12.4. The third-order valence-electron chi connectivity index (χ3n) is 4.98. The summed E-state index contributed by atoms with van der Waals surface area (Å²) >= 11 is 0. The van der Waals surface area contributed by atoms with Crippen LogP contribution in [0.1, 0.15) is 104 Å². The smallest absolute Gasteiger partial charge is 0.223 e. The van der Waals surface area contributed by atoms with Crippen LogP contribution >= 0.6 is 0 Å². The summed E-state index contributed by atoms with van der Waals surface area (Å²) in [5, 5.41) is 0. The number of hydrogen-bond acceptors (Lipinski definition) is 1. The van der Waals surface area contributed by atoms with E-state index in [2.05, 4.69) is 25.7 Å². The highest BCUT2D eigenvalue weighted by Crippen LogP contribution is 2.23. The predicted octanol–water partition coefficient (Wildman–Crippen LogP) is 5.70. The normalized spacial score (nSPS) is 22.5. The minimum atomic E-state index is 0.401. The Kier molecular flexibility index (Phi) is 9.78. The van der Waals surface area contributed by atoms with E-state index in [1.165, 1.54) is 70.6 Å². The van der Waals surface area contributed by atoms with Crippen LogP contribution in [-0.4, -0.2) is 22.9 Å². The first-order valence-corrected chi connectivity index (χ1v) is 9.48. The average Bonchev–Trinajstić information content (AvgIpc) is 2.45. The van der Waals surface area contributed by atoms with Gasteiger partial charge in [0.05, 0.1) is 0 Å². The highest BCUT2D eigenvalue weighted by Gasteiger charge is 2.28.